The molecule has 1 saturated heterocycles. The number of rotatable bonds is 3. The Morgan fingerprint density at radius 3 is 3.00 bits per heavy atom. The number of halogens is 1. The quantitative estimate of drug-likeness (QED) is 0.712. The highest BCUT2D eigenvalue weighted by atomic mass is 32.2. The molecule has 0 aromatic heterocycles. The zero-order valence-electron chi connectivity index (χ0n) is 8.22. The molecule has 0 saturated carbocycles. The van der Waals surface area contributed by atoms with E-state index in [1.165, 1.54) is 0 Å². The number of thioether (sulfide) groups is 1. The van der Waals surface area contributed by atoms with Crippen molar-refractivity contribution in [3.8, 4) is 0 Å². The van der Waals surface area contributed by atoms with E-state index in [9.17, 15) is 4.39 Å². The predicted molar refractivity (Wildman–Crippen MR) is 57.1 cm³/mol. The molecular formula is C9H17FN2S. The molecule has 1 fully saturated rings. The minimum Gasteiger partial charge on any atom is -0.362 e. The van der Waals surface area contributed by atoms with Crippen LogP contribution in [0, 0.1) is 5.92 Å². The lowest BCUT2D eigenvalue weighted by Crippen LogP contribution is -2.41. The number of amidine groups is 1. The molecule has 2 atom stereocenters. The van der Waals surface area contributed by atoms with Crippen LogP contribution in [-0.2, 0) is 0 Å². The molecule has 0 bridgehead atoms. The van der Waals surface area contributed by atoms with Gasteiger partial charge in [0.15, 0.2) is 5.17 Å². The molecule has 1 aliphatic heterocycles. The number of alkyl halides is 1. The van der Waals surface area contributed by atoms with Crippen LogP contribution < -0.4 is 5.32 Å². The number of hydrogen-bond acceptors (Lipinski definition) is 2. The lowest BCUT2D eigenvalue weighted by atomic mass is 10.1. The molecule has 0 spiro atoms. The molecule has 2 unspecified atom stereocenters. The van der Waals surface area contributed by atoms with Gasteiger partial charge in [-0.2, -0.15) is 0 Å². The van der Waals surface area contributed by atoms with E-state index in [4.69, 9.17) is 0 Å². The van der Waals surface area contributed by atoms with E-state index in [2.05, 4.69) is 24.2 Å². The molecular weight excluding hydrogens is 187 g/mol. The second-order valence-electron chi connectivity index (χ2n) is 3.45. The Labute approximate surface area is 83.4 Å². The van der Waals surface area contributed by atoms with E-state index >= 15 is 0 Å². The molecule has 0 aliphatic carbocycles. The van der Waals surface area contributed by atoms with Crippen molar-refractivity contribution >= 4 is 16.9 Å². The average molecular weight is 204 g/mol. The fraction of sp³-hybridized carbons (Fsp3) is 0.889. The highest BCUT2D eigenvalue weighted by Gasteiger charge is 2.20. The summed E-state index contributed by atoms with van der Waals surface area (Å²) in [6.45, 7) is 4.72. The normalized spacial score (nSPS) is 31.8. The second kappa shape index (κ2) is 5.47. The molecule has 2 nitrogen and oxygen atoms in total. The molecule has 1 rings (SSSR count). The van der Waals surface area contributed by atoms with Gasteiger partial charge < -0.3 is 5.32 Å². The summed E-state index contributed by atoms with van der Waals surface area (Å²) in [6.07, 6.45) is 0.537. The fourth-order valence-electron chi connectivity index (χ4n) is 1.07. The zero-order chi connectivity index (χ0) is 9.68. The third-order valence-electron chi connectivity index (χ3n) is 2.23. The van der Waals surface area contributed by atoms with Gasteiger partial charge in [-0.05, 0) is 19.3 Å². The fourth-order valence-corrected chi connectivity index (χ4v) is 2.23. The average Bonchev–Trinajstić information content (AvgIpc) is 2.12. The monoisotopic (exact) mass is 204 g/mol. The van der Waals surface area contributed by atoms with Gasteiger partial charge in [-0.1, -0.05) is 18.7 Å². The molecule has 1 N–H and O–H groups in total. The van der Waals surface area contributed by atoms with Gasteiger partial charge in [0.25, 0.3) is 0 Å². The first-order valence-electron chi connectivity index (χ1n) is 4.73. The Morgan fingerprint density at radius 2 is 2.38 bits per heavy atom. The van der Waals surface area contributed by atoms with Crippen molar-refractivity contribution in [3.63, 3.8) is 0 Å². The van der Waals surface area contributed by atoms with Gasteiger partial charge in [0.1, 0.15) is 0 Å². The van der Waals surface area contributed by atoms with E-state index in [1.807, 2.05) is 0 Å². The second-order valence-corrected chi connectivity index (χ2v) is 4.46. The number of nitrogens with zero attached hydrogens (tertiary/aromatic N) is 1. The maximum absolute atomic E-state index is 11.8. The van der Waals surface area contributed by atoms with Gasteiger partial charge in [0.05, 0.1) is 6.67 Å². The van der Waals surface area contributed by atoms with Crippen LogP contribution >= 0.6 is 11.8 Å². The number of nitrogens with one attached hydrogen (secondary N) is 1. The molecule has 1 aliphatic rings. The van der Waals surface area contributed by atoms with Crippen molar-refractivity contribution < 1.29 is 4.39 Å². The van der Waals surface area contributed by atoms with Crippen molar-refractivity contribution in [2.75, 3.05) is 19.0 Å². The summed E-state index contributed by atoms with van der Waals surface area (Å²) < 4.78 is 11.8. The minimum absolute atomic E-state index is 0.270. The molecule has 0 aromatic rings. The van der Waals surface area contributed by atoms with Crippen molar-refractivity contribution in [1.82, 2.24) is 5.32 Å². The first-order valence-corrected chi connectivity index (χ1v) is 5.72. The summed E-state index contributed by atoms with van der Waals surface area (Å²) in [7, 11) is 0. The van der Waals surface area contributed by atoms with Crippen LogP contribution in [0.5, 0.6) is 0 Å². The molecule has 0 aromatic carbocycles. The summed E-state index contributed by atoms with van der Waals surface area (Å²) in [6, 6.07) is 0.491. The van der Waals surface area contributed by atoms with Crippen molar-refractivity contribution in [2.45, 2.75) is 26.3 Å². The lowest BCUT2D eigenvalue weighted by molar-refractivity contribution is 0.474. The van der Waals surface area contributed by atoms with Gasteiger partial charge in [0.2, 0.25) is 0 Å². The Kier molecular flexibility index (Phi) is 4.56. The Hall–Kier alpha value is -0.250. The highest BCUT2D eigenvalue weighted by Crippen LogP contribution is 2.19. The van der Waals surface area contributed by atoms with Crippen LogP contribution in [0.4, 0.5) is 4.39 Å². The number of aliphatic imine (C=N–C) groups is 1. The van der Waals surface area contributed by atoms with E-state index in [0.717, 1.165) is 10.9 Å². The summed E-state index contributed by atoms with van der Waals surface area (Å²) in [5.74, 6) is 1.80. The summed E-state index contributed by atoms with van der Waals surface area (Å²) in [4.78, 5) is 4.29. The molecule has 0 radical (unpaired) electrons. The van der Waals surface area contributed by atoms with Gasteiger partial charge in [0, 0.05) is 18.3 Å². The molecule has 13 heavy (non-hydrogen) atoms. The van der Waals surface area contributed by atoms with E-state index in [-0.39, 0.29) is 6.67 Å². The summed E-state index contributed by atoms with van der Waals surface area (Å²) in [5, 5.41) is 4.30. The minimum atomic E-state index is -0.270. The largest absolute Gasteiger partial charge is 0.362 e. The van der Waals surface area contributed by atoms with E-state index in [1.54, 1.807) is 11.8 Å². The maximum Gasteiger partial charge on any atom is 0.156 e. The van der Waals surface area contributed by atoms with Gasteiger partial charge in [-0.25, -0.2) is 0 Å². The van der Waals surface area contributed by atoms with Crippen LogP contribution in [0.25, 0.3) is 0 Å². The third kappa shape index (κ3) is 3.55. The van der Waals surface area contributed by atoms with Crippen LogP contribution in [0.2, 0.25) is 0 Å². The van der Waals surface area contributed by atoms with Crippen LogP contribution in [0.3, 0.4) is 0 Å². The molecule has 76 valence electrons. The first kappa shape index (κ1) is 10.8. The van der Waals surface area contributed by atoms with Gasteiger partial charge >= 0.3 is 0 Å². The SMILES string of the molecule is CC1CSC(=NCCCF)NC1C. The Balaban J connectivity index is 2.32. The standard InChI is InChI=1S/C9H17FN2S/c1-7-6-13-9(12-8(7)2)11-5-3-4-10/h7-8H,3-6H2,1-2H3,(H,11,12). The van der Waals surface area contributed by atoms with Crippen LogP contribution in [0.1, 0.15) is 20.3 Å². The first-order chi connectivity index (χ1) is 6.24. The van der Waals surface area contributed by atoms with Gasteiger partial charge in [-0.15, -0.1) is 0 Å². The highest BCUT2D eigenvalue weighted by molar-refractivity contribution is 8.13. The third-order valence-corrected chi connectivity index (χ3v) is 3.45. The molecule has 4 heteroatoms. The van der Waals surface area contributed by atoms with Crippen molar-refractivity contribution in [1.29, 1.82) is 0 Å². The van der Waals surface area contributed by atoms with Crippen molar-refractivity contribution in [3.05, 3.63) is 0 Å². The van der Waals surface area contributed by atoms with Crippen molar-refractivity contribution in [2.24, 2.45) is 10.9 Å². The Morgan fingerprint density at radius 1 is 1.62 bits per heavy atom. The molecule has 0 amide bonds. The van der Waals surface area contributed by atoms with Gasteiger partial charge in [-0.3, -0.25) is 9.38 Å². The smallest absolute Gasteiger partial charge is 0.156 e. The lowest BCUT2D eigenvalue weighted by Gasteiger charge is -2.28. The Bertz CT molecular complexity index is 184. The van der Waals surface area contributed by atoms with Crippen LogP contribution in [-0.4, -0.2) is 30.2 Å². The van der Waals surface area contributed by atoms with E-state index in [0.29, 0.717) is 24.9 Å². The molecule has 1 heterocycles. The predicted octanol–water partition coefficient (Wildman–Crippen LogP) is 2.06. The topological polar surface area (TPSA) is 24.4 Å². The van der Waals surface area contributed by atoms with E-state index < -0.39 is 0 Å². The zero-order valence-corrected chi connectivity index (χ0v) is 9.03. The number of hydrogen-bond donors (Lipinski definition) is 1. The van der Waals surface area contributed by atoms with Crippen LogP contribution in [0.15, 0.2) is 4.99 Å². The maximum atomic E-state index is 11.8. The summed E-state index contributed by atoms with van der Waals surface area (Å²) >= 11 is 1.74. The summed E-state index contributed by atoms with van der Waals surface area (Å²) in [5.41, 5.74) is 0.